The second-order valence-corrected chi connectivity index (χ2v) is 7.59. The van der Waals surface area contributed by atoms with E-state index in [4.69, 9.17) is 5.73 Å². The third-order valence-electron chi connectivity index (χ3n) is 5.55. The van der Waals surface area contributed by atoms with Gasteiger partial charge in [-0.2, -0.15) is 0 Å². The summed E-state index contributed by atoms with van der Waals surface area (Å²) in [7, 11) is 0. The minimum Gasteiger partial charge on any atom is -0.355 e. The number of nitrogens with zero attached hydrogens (tertiary/aromatic N) is 1. The number of para-hydroxylation sites is 1. The predicted octanol–water partition coefficient (Wildman–Crippen LogP) is 3.82. The summed E-state index contributed by atoms with van der Waals surface area (Å²) in [5.74, 6) is -0.247. The maximum atomic E-state index is 13.3. The van der Waals surface area contributed by atoms with Crippen LogP contribution in [0.15, 0.2) is 42.5 Å². The van der Waals surface area contributed by atoms with Crippen molar-refractivity contribution in [2.24, 2.45) is 11.7 Å². The molecule has 0 spiro atoms. The molecule has 1 heterocycles. The van der Waals surface area contributed by atoms with Crippen LogP contribution in [0.2, 0.25) is 0 Å². The molecule has 1 saturated heterocycles. The average molecular weight is 467 g/mol. The molecule has 0 aliphatic carbocycles. The molecule has 4 N–H and O–H groups in total. The fourth-order valence-corrected chi connectivity index (χ4v) is 3.70. The number of likely N-dealkylation sites (tertiary alicyclic amines) is 1. The minimum absolute atomic E-state index is 0. The monoisotopic (exact) mass is 466 g/mol. The number of anilines is 2. The first-order chi connectivity index (χ1) is 14.0. The van der Waals surface area contributed by atoms with Gasteiger partial charge in [0.05, 0.1) is 17.2 Å². The second kappa shape index (κ2) is 12.5. The summed E-state index contributed by atoms with van der Waals surface area (Å²) < 4.78 is 0. The number of benzene rings is 2. The van der Waals surface area contributed by atoms with Crippen LogP contribution in [0.4, 0.5) is 11.4 Å². The van der Waals surface area contributed by atoms with Gasteiger partial charge in [0, 0.05) is 31.9 Å². The van der Waals surface area contributed by atoms with Crippen molar-refractivity contribution in [1.29, 1.82) is 0 Å². The van der Waals surface area contributed by atoms with Crippen molar-refractivity contribution in [3.05, 3.63) is 59.2 Å². The summed E-state index contributed by atoms with van der Waals surface area (Å²) in [6.07, 6.45) is 1.61. The largest absolute Gasteiger partial charge is 0.355 e. The highest BCUT2D eigenvalue weighted by molar-refractivity contribution is 6.00. The number of nitrogens with one attached hydrogen (secondary N) is 2. The van der Waals surface area contributed by atoms with Crippen LogP contribution in [-0.4, -0.2) is 42.9 Å². The number of hydrogen-bond donors (Lipinski definition) is 3. The summed E-state index contributed by atoms with van der Waals surface area (Å²) >= 11 is 0. The zero-order valence-corrected chi connectivity index (χ0v) is 19.7. The predicted molar refractivity (Wildman–Crippen MR) is 131 cm³/mol. The highest BCUT2D eigenvalue weighted by Gasteiger charge is 2.29. The summed E-state index contributed by atoms with van der Waals surface area (Å²) in [4.78, 5) is 27.4. The Morgan fingerprint density at radius 2 is 1.77 bits per heavy atom. The number of carbonyl (C=O) groups excluding carboxylic acids is 2. The Bertz CT molecular complexity index is 892. The number of nitrogens with two attached hydrogens (primary N) is 1. The van der Waals surface area contributed by atoms with E-state index in [2.05, 4.69) is 30.5 Å². The van der Waals surface area contributed by atoms with Gasteiger partial charge >= 0.3 is 0 Å². The van der Waals surface area contributed by atoms with Gasteiger partial charge in [0.1, 0.15) is 0 Å². The van der Waals surface area contributed by atoms with Crippen LogP contribution in [-0.2, 0) is 4.79 Å². The molecule has 0 saturated carbocycles. The Hall–Kier alpha value is -2.28. The standard InChI is InChI=1S/C23H30N4O2.2ClH/c1-16-7-5-11-20(17(16)2)26-21-10-4-3-9-19(21)23(29)27-14-6-8-18(15-27)22(28)25-13-12-24;;/h3-5,7,9-11,18,26H,6,8,12-15,24H2,1-2H3,(H,25,28);2*1H. The van der Waals surface area contributed by atoms with E-state index in [-0.39, 0.29) is 42.5 Å². The van der Waals surface area contributed by atoms with Gasteiger partial charge < -0.3 is 21.3 Å². The van der Waals surface area contributed by atoms with Gasteiger partial charge in [0.2, 0.25) is 5.91 Å². The lowest BCUT2D eigenvalue weighted by atomic mass is 9.96. The zero-order valence-electron chi connectivity index (χ0n) is 18.0. The fourth-order valence-electron chi connectivity index (χ4n) is 3.70. The van der Waals surface area contributed by atoms with Crippen molar-refractivity contribution in [3.63, 3.8) is 0 Å². The van der Waals surface area contributed by atoms with Gasteiger partial charge in [-0.05, 0) is 56.0 Å². The summed E-state index contributed by atoms with van der Waals surface area (Å²) in [5, 5.41) is 6.27. The van der Waals surface area contributed by atoms with Gasteiger partial charge in [-0.3, -0.25) is 9.59 Å². The number of aryl methyl sites for hydroxylation is 1. The molecule has 2 amide bonds. The molecule has 0 radical (unpaired) electrons. The van der Waals surface area contributed by atoms with Crippen LogP contribution in [0.3, 0.4) is 0 Å². The lowest BCUT2D eigenvalue weighted by molar-refractivity contribution is -0.126. The topological polar surface area (TPSA) is 87.5 Å². The highest BCUT2D eigenvalue weighted by Crippen LogP contribution is 2.27. The van der Waals surface area contributed by atoms with Gasteiger partial charge in [-0.15, -0.1) is 24.8 Å². The van der Waals surface area contributed by atoms with Gasteiger partial charge in [-0.25, -0.2) is 0 Å². The zero-order chi connectivity index (χ0) is 20.8. The summed E-state index contributed by atoms with van der Waals surface area (Å²) in [5.41, 5.74) is 10.2. The Labute approximate surface area is 196 Å². The first-order valence-electron chi connectivity index (χ1n) is 10.2. The molecule has 170 valence electrons. The lowest BCUT2D eigenvalue weighted by Gasteiger charge is -2.32. The smallest absolute Gasteiger partial charge is 0.255 e. The molecule has 2 aromatic rings. The molecule has 6 nitrogen and oxygen atoms in total. The van der Waals surface area contributed by atoms with Crippen molar-refractivity contribution in [1.82, 2.24) is 10.2 Å². The van der Waals surface area contributed by atoms with Gasteiger partial charge in [-0.1, -0.05) is 24.3 Å². The number of halogens is 2. The molecule has 0 bridgehead atoms. The molecule has 2 aromatic carbocycles. The van der Waals surface area contributed by atoms with Crippen molar-refractivity contribution in [3.8, 4) is 0 Å². The first kappa shape index (κ1) is 26.8. The van der Waals surface area contributed by atoms with Gasteiger partial charge in [0.15, 0.2) is 0 Å². The van der Waals surface area contributed by atoms with Crippen molar-refractivity contribution < 1.29 is 9.59 Å². The highest BCUT2D eigenvalue weighted by atomic mass is 35.5. The molecule has 1 unspecified atom stereocenters. The minimum atomic E-state index is -0.182. The number of hydrogen-bond acceptors (Lipinski definition) is 4. The molecule has 1 aliphatic heterocycles. The maximum Gasteiger partial charge on any atom is 0.255 e. The molecule has 0 aromatic heterocycles. The van der Waals surface area contributed by atoms with E-state index in [0.717, 1.165) is 29.8 Å². The molecule has 1 fully saturated rings. The van der Waals surface area contributed by atoms with Gasteiger partial charge in [0.25, 0.3) is 5.91 Å². The van der Waals surface area contributed by atoms with E-state index in [1.54, 1.807) is 4.90 Å². The van der Waals surface area contributed by atoms with E-state index in [1.807, 2.05) is 36.4 Å². The first-order valence-corrected chi connectivity index (χ1v) is 10.2. The molecule has 1 atom stereocenters. The van der Waals surface area contributed by atoms with Crippen LogP contribution in [0.1, 0.15) is 34.3 Å². The lowest BCUT2D eigenvalue weighted by Crippen LogP contribution is -2.46. The Kier molecular flexibility index (Phi) is 10.8. The maximum absolute atomic E-state index is 13.3. The molecule has 1 aliphatic rings. The number of carbonyl (C=O) groups is 2. The molecule has 8 heteroatoms. The summed E-state index contributed by atoms with van der Waals surface area (Å²) in [6, 6.07) is 13.6. The van der Waals surface area contributed by atoms with E-state index in [1.165, 1.54) is 5.56 Å². The fraction of sp³-hybridized carbons (Fsp3) is 0.391. The molecule has 31 heavy (non-hydrogen) atoms. The molecule has 3 rings (SSSR count). The van der Waals surface area contributed by atoms with Crippen LogP contribution in [0.25, 0.3) is 0 Å². The molecular weight excluding hydrogens is 435 g/mol. The van der Waals surface area contributed by atoms with Crippen molar-refractivity contribution in [2.45, 2.75) is 26.7 Å². The normalized spacial score (nSPS) is 15.3. The van der Waals surface area contributed by atoms with E-state index >= 15 is 0 Å². The Balaban J connectivity index is 0.00000240. The van der Waals surface area contributed by atoms with E-state index < -0.39 is 0 Å². The number of rotatable bonds is 6. The third-order valence-corrected chi connectivity index (χ3v) is 5.55. The summed E-state index contributed by atoms with van der Waals surface area (Å²) in [6.45, 7) is 6.12. The third kappa shape index (κ3) is 6.60. The van der Waals surface area contributed by atoms with Crippen LogP contribution < -0.4 is 16.4 Å². The number of amides is 2. The van der Waals surface area contributed by atoms with Crippen LogP contribution >= 0.6 is 24.8 Å². The van der Waals surface area contributed by atoms with E-state index in [0.29, 0.717) is 31.7 Å². The van der Waals surface area contributed by atoms with Crippen molar-refractivity contribution >= 4 is 48.0 Å². The Morgan fingerprint density at radius 1 is 1.06 bits per heavy atom. The Morgan fingerprint density at radius 3 is 2.52 bits per heavy atom. The quantitative estimate of drug-likeness (QED) is 0.603. The molecular formula is C23H32Cl2N4O2. The second-order valence-electron chi connectivity index (χ2n) is 7.59. The van der Waals surface area contributed by atoms with Crippen LogP contribution in [0.5, 0.6) is 0 Å². The average Bonchev–Trinajstić information content (AvgIpc) is 2.75. The SMILES string of the molecule is Cc1cccc(Nc2ccccc2C(=O)N2CCCC(C(=O)NCCN)C2)c1C.Cl.Cl. The van der Waals surface area contributed by atoms with E-state index in [9.17, 15) is 9.59 Å². The van der Waals surface area contributed by atoms with Crippen molar-refractivity contribution in [2.75, 3.05) is 31.5 Å². The number of piperidine rings is 1. The van der Waals surface area contributed by atoms with Crippen LogP contribution in [0, 0.1) is 19.8 Å².